The number of carboxylic acid groups (broad SMARTS) is 1. The molecule has 96 valence electrons. The van der Waals surface area contributed by atoms with Gasteiger partial charge in [-0.1, -0.05) is 12.2 Å². The minimum atomic E-state index is -1.06. The maximum atomic E-state index is 11.6. The smallest absolute Gasteiger partial charge is 0.326 e. The van der Waals surface area contributed by atoms with Gasteiger partial charge in [0.2, 0.25) is 0 Å². The van der Waals surface area contributed by atoms with Crippen molar-refractivity contribution in [2.75, 3.05) is 13.6 Å². The first-order valence-corrected chi connectivity index (χ1v) is 5.49. The van der Waals surface area contributed by atoms with E-state index in [1.165, 1.54) is 11.0 Å². The van der Waals surface area contributed by atoms with E-state index in [9.17, 15) is 9.59 Å². The van der Waals surface area contributed by atoms with Gasteiger partial charge in [-0.15, -0.1) is 13.2 Å². The summed E-state index contributed by atoms with van der Waals surface area (Å²) in [5.41, 5.74) is 0. The molecule has 0 rings (SSSR count). The van der Waals surface area contributed by atoms with Crippen LogP contribution in [0.5, 0.6) is 0 Å². The summed E-state index contributed by atoms with van der Waals surface area (Å²) in [7, 11) is 1.63. The van der Waals surface area contributed by atoms with Crippen molar-refractivity contribution < 1.29 is 14.7 Å². The molecule has 0 aliphatic carbocycles. The number of amides is 2. The highest BCUT2D eigenvalue weighted by Crippen LogP contribution is 1.98. The number of hydrogen-bond donors (Lipinski definition) is 2. The van der Waals surface area contributed by atoms with Crippen molar-refractivity contribution in [3.63, 3.8) is 0 Å². The van der Waals surface area contributed by atoms with Crippen molar-refractivity contribution in [3.05, 3.63) is 25.3 Å². The molecule has 0 aromatic carbocycles. The number of allylic oxidation sites excluding steroid dienone is 1. The fraction of sp³-hybridized carbons (Fsp3) is 0.500. The van der Waals surface area contributed by atoms with Crippen molar-refractivity contribution in [3.8, 4) is 0 Å². The number of nitrogens with one attached hydrogen (secondary N) is 1. The Balaban J connectivity index is 4.15. The molecule has 0 radical (unpaired) electrons. The van der Waals surface area contributed by atoms with Crippen molar-refractivity contribution in [1.82, 2.24) is 10.2 Å². The lowest BCUT2D eigenvalue weighted by Crippen LogP contribution is -2.46. The van der Waals surface area contributed by atoms with E-state index in [0.29, 0.717) is 6.54 Å². The summed E-state index contributed by atoms with van der Waals surface area (Å²) < 4.78 is 0. The minimum Gasteiger partial charge on any atom is -0.480 e. The van der Waals surface area contributed by atoms with Gasteiger partial charge in [-0.2, -0.15) is 0 Å². The third-order valence-electron chi connectivity index (χ3n) is 2.25. The van der Waals surface area contributed by atoms with Crippen LogP contribution >= 0.6 is 0 Å². The van der Waals surface area contributed by atoms with Gasteiger partial charge in [0.15, 0.2) is 0 Å². The number of urea groups is 1. The normalized spacial score (nSPS) is 11.4. The molecule has 0 saturated carbocycles. The Bertz CT molecular complexity index is 289. The van der Waals surface area contributed by atoms with Crippen LogP contribution in [0.2, 0.25) is 0 Å². The molecular weight excluding hydrogens is 220 g/mol. The lowest BCUT2D eigenvalue weighted by atomic mass is 10.2. The minimum absolute atomic E-state index is 0.210. The van der Waals surface area contributed by atoms with E-state index in [1.807, 2.05) is 0 Å². The molecule has 0 bridgehead atoms. The van der Waals surface area contributed by atoms with E-state index in [1.54, 1.807) is 13.1 Å². The highest BCUT2D eigenvalue weighted by atomic mass is 16.4. The Hall–Kier alpha value is -1.78. The van der Waals surface area contributed by atoms with Gasteiger partial charge < -0.3 is 15.3 Å². The van der Waals surface area contributed by atoms with E-state index in [0.717, 1.165) is 12.8 Å². The number of carbonyl (C=O) groups excluding carboxylic acids is 1. The van der Waals surface area contributed by atoms with Crippen LogP contribution < -0.4 is 5.32 Å². The molecule has 0 aromatic rings. The summed E-state index contributed by atoms with van der Waals surface area (Å²) in [6.45, 7) is 7.61. The number of hydrogen-bond acceptors (Lipinski definition) is 2. The third kappa shape index (κ3) is 6.40. The molecule has 2 amide bonds. The van der Waals surface area contributed by atoms with Gasteiger partial charge in [0, 0.05) is 13.6 Å². The number of unbranched alkanes of at least 4 members (excludes halogenated alkanes) is 1. The first kappa shape index (κ1) is 15.2. The summed E-state index contributed by atoms with van der Waals surface area (Å²) >= 11 is 0. The van der Waals surface area contributed by atoms with Gasteiger partial charge in [-0.3, -0.25) is 0 Å². The van der Waals surface area contributed by atoms with Gasteiger partial charge in [0.05, 0.1) is 0 Å². The lowest BCUT2D eigenvalue weighted by molar-refractivity contribution is -0.139. The predicted molar refractivity (Wildman–Crippen MR) is 66.8 cm³/mol. The molecule has 0 fully saturated rings. The van der Waals surface area contributed by atoms with Crippen LogP contribution in [-0.4, -0.2) is 41.6 Å². The van der Waals surface area contributed by atoms with Gasteiger partial charge >= 0.3 is 12.0 Å². The van der Waals surface area contributed by atoms with E-state index in [2.05, 4.69) is 18.5 Å². The topological polar surface area (TPSA) is 69.6 Å². The van der Waals surface area contributed by atoms with Crippen molar-refractivity contribution in [1.29, 1.82) is 0 Å². The first-order valence-electron chi connectivity index (χ1n) is 5.49. The average Bonchev–Trinajstić information content (AvgIpc) is 2.28. The number of carbonyl (C=O) groups is 2. The Morgan fingerprint density at radius 1 is 1.41 bits per heavy atom. The summed E-state index contributed by atoms with van der Waals surface area (Å²) in [5.74, 6) is -1.06. The molecular formula is C12H20N2O3. The standard InChI is InChI=1S/C12H20N2O3/c1-4-6-7-9-14(3)12(17)13-10(8-5-2)11(15)16/h4-5,10H,1-2,6-9H2,3H3,(H,13,17)(H,15,16). The molecule has 0 saturated heterocycles. The van der Waals surface area contributed by atoms with Gasteiger partial charge in [0.25, 0.3) is 0 Å². The molecule has 2 N–H and O–H groups in total. The van der Waals surface area contributed by atoms with Crippen LogP contribution in [0.1, 0.15) is 19.3 Å². The SMILES string of the molecule is C=CCCCN(C)C(=O)NC(CC=C)C(=O)O. The largest absolute Gasteiger partial charge is 0.480 e. The molecule has 1 unspecified atom stereocenters. The highest BCUT2D eigenvalue weighted by molar-refractivity contribution is 5.82. The van der Waals surface area contributed by atoms with Crippen LogP contribution in [0.4, 0.5) is 4.79 Å². The second kappa shape index (κ2) is 8.38. The zero-order chi connectivity index (χ0) is 13.3. The highest BCUT2D eigenvalue weighted by Gasteiger charge is 2.19. The quantitative estimate of drug-likeness (QED) is 0.500. The lowest BCUT2D eigenvalue weighted by Gasteiger charge is -2.20. The molecule has 1 atom stereocenters. The number of aliphatic carboxylic acids is 1. The first-order chi connectivity index (χ1) is 8.02. The van der Waals surface area contributed by atoms with Crippen molar-refractivity contribution >= 4 is 12.0 Å². The van der Waals surface area contributed by atoms with E-state index in [4.69, 9.17) is 5.11 Å². The Kier molecular flexibility index (Phi) is 7.50. The molecule has 0 aromatic heterocycles. The molecule has 17 heavy (non-hydrogen) atoms. The second-order valence-electron chi connectivity index (χ2n) is 3.72. The zero-order valence-corrected chi connectivity index (χ0v) is 10.2. The number of carboxylic acids is 1. The number of nitrogens with zero attached hydrogens (tertiary/aromatic N) is 1. The second-order valence-corrected chi connectivity index (χ2v) is 3.72. The number of rotatable bonds is 8. The Morgan fingerprint density at radius 2 is 2.06 bits per heavy atom. The Labute approximate surface area is 102 Å². The molecule has 5 nitrogen and oxygen atoms in total. The molecule has 0 spiro atoms. The predicted octanol–water partition coefficient (Wildman–Crippen LogP) is 1.62. The summed E-state index contributed by atoms with van der Waals surface area (Å²) in [6, 6.07) is -1.30. The maximum Gasteiger partial charge on any atom is 0.326 e. The van der Waals surface area contributed by atoms with Crippen LogP contribution in [0.25, 0.3) is 0 Å². The summed E-state index contributed by atoms with van der Waals surface area (Å²) in [4.78, 5) is 23.9. The third-order valence-corrected chi connectivity index (χ3v) is 2.25. The van der Waals surface area contributed by atoms with Crippen LogP contribution in [0.15, 0.2) is 25.3 Å². The average molecular weight is 240 g/mol. The van der Waals surface area contributed by atoms with Crippen molar-refractivity contribution in [2.24, 2.45) is 0 Å². The van der Waals surface area contributed by atoms with Crippen molar-refractivity contribution in [2.45, 2.75) is 25.3 Å². The van der Waals surface area contributed by atoms with E-state index >= 15 is 0 Å². The van der Waals surface area contributed by atoms with Crippen LogP contribution in [-0.2, 0) is 4.79 Å². The fourth-order valence-corrected chi connectivity index (χ4v) is 1.22. The molecule has 5 heteroatoms. The van der Waals surface area contributed by atoms with Crippen LogP contribution in [0, 0.1) is 0 Å². The molecule has 0 heterocycles. The monoisotopic (exact) mass is 240 g/mol. The molecule has 0 aliphatic heterocycles. The zero-order valence-electron chi connectivity index (χ0n) is 10.2. The van der Waals surface area contributed by atoms with Crippen LogP contribution in [0.3, 0.4) is 0 Å². The van der Waals surface area contributed by atoms with E-state index < -0.39 is 12.0 Å². The van der Waals surface area contributed by atoms with Gasteiger partial charge in [0.1, 0.15) is 6.04 Å². The molecule has 0 aliphatic rings. The summed E-state index contributed by atoms with van der Waals surface area (Å²) in [5, 5.41) is 11.3. The van der Waals surface area contributed by atoms with Gasteiger partial charge in [-0.25, -0.2) is 9.59 Å². The Morgan fingerprint density at radius 3 is 2.53 bits per heavy atom. The summed E-state index contributed by atoms with van der Waals surface area (Å²) in [6.07, 6.45) is 5.10. The van der Waals surface area contributed by atoms with E-state index in [-0.39, 0.29) is 12.5 Å². The maximum absolute atomic E-state index is 11.6. The van der Waals surface area contributed by atoms with Gasteiger partial charge in [-0.05, 0) is 19.3 Å². The fourth-order valence-electron chi connectivity index (χ4n) is 1.22.